The Hall–Kier alpha value is -1.56. The Morgan fingerprint density at radius 3 is 2.41 bits per heavy atom. The minimum Gasteiger partial charge on any atom is -0.0990 e. The lowest BCUT2D eigenvalue weighted by Gasteiger charge is -2.25. The summed E-state index contributed by atoms with van der Waals surface area (Å²) >= 11 is 0. The van der Waals surface area contributed by atoms with Gasteiger partial charge in [0.15, 0.2) is 0 Å². The van der Waals surface area contributed by atoms with Crippen LogP contribution in [0.15, 0.2) is 65.8 Å². The van der Waals surface area contributed by atoms with E-state index in [1.807, 2.05) is 0 Å². The Labute approximate surface area is 136 Å². The summed E-state index contributed by atoms with van der Waals surface area (Å²) in [4.78, 5) is 0. The predicted molar refractivity (Wildman–Crippen MR) is 98.0 cm³/mol. The van der Waals surface area contributed by atoms with Gasteiger partial charge in [-0.2, -0.15) is 0 Å². The zero-order valence-electron chi connectivity index (χ0n) is 14.6. The summed E-state index contributed by atoms with van der Waals surface area (Å²) in [6.45, 7) is 13.6. The fraction of sp³-hybridized carbons (Fsp3) is 0.455. The third kappa shape index (κ3) is 3.61. The SMILES string of the molecule is C=C(C(C)CCC)C(CC)C1=CC(c2ccccc2)C=C1C. The highest BCUT2D eigenvalue weighted by Crippen LogP contribution is 2.40. The minimum atomic E-state index is 0.430. The number of allylic oxidation sites excluding steroid dienone is 5. The van der Waals surface area contributed by atoms with E-state index in [0.717, 1.165) is 6.42 Å². The first-order valence-electron chi connectivity index (χ1n) is 8.72. The molecule has 0 radical (unpaired) electrons. The van der Waals surface area contributed by atoms with Crippen LogP contribution in [0.1, 0.15) is 58.4 Å². The van der Waals surface area contributed by atoms with Gasteiger partial charge in [-0.05, 0) is 36.8 Å². The molecule has 0 amide bonds. The predicted octanol–water partition coefficient (Wildman–Crippen LogP) is 6.68. The Bertz CT molecular complexity index is 559. The molecule has 118 valence electrons. The van der Waals surface area contributed by atoms with Crippen LogP contribution >= 0.6 is 0 Å². The second kappa shape index (κ2) is 7.63. The normalized spacial score (nSPS) is 20.3. The van der Waals surface area contributed by atoms with Crippen molar-refractivity contribution < 1.29 is 0 Å². The van der Waals surface area contributed by atoms with Crippen molar-refractivity contribution in [3.63, 3.8) is 0 Å². The van der Waals surface area contributed by atoms with Gasteiger partial charge in [0.05, 0.1) is 0 Å². The summed E-state index contributed by atoms with van der Waals surface area (Å²) < 4.78 is 0. The van der Waals surface area contributed by atoms with Crippen LogP contribution in [0.25, 0.3) is 0 Å². The fourth-order valence-corrected chi connectivity index (χ4v) is 3.64. The van der Waals surface area contributed by atoms with Crippen molar-refractivity contribution >= 4 is 0 Å². The topological polar surface area (TPSA) is 0 Å². The standard InChI is InChI=1S/C22H30/c1-6-11-16(3)18(5)21(7-2)22-15-20(14-17(22)4)19-12-9-8-10-13-19/h8-10,12-16,20-21H,5-7,11H2,1-4H3. The number of rotatable bonds is 7. The summed E-state index contributed by atoms with van der Waals surface area (Å²) in [5.41, 5.74) is 5.74. The van der Waals surface area contributed by atoms with E-state index in [0.29, 0.717) is 17.8 Å². The zero-order valence-corrected chi connectivity index (χ0v) is 14.6. The summed E-state index contributed by atoms with van der Waals surface area (Å²) in [6, 6.07) is 10.8. The molecule has 0 N–H and O–H groups in total. The highest BCUT2D eigenvalue weighted by Gasteiger charge is 2.25. The highest BCUT2D eigenvalue weighted by atomic mass is 14.3. The maximum absolute atomic E-state index is 4.45. The first-order valence-corrected chi connectivity index (χ1v) is 8.72. The van der Waals surface area contributed by atoms with Crippen LogP contribution in [-0.4, -0.2) is 0 Å². The molecule has 0 heteroatoms. The lowest BCUT2D eigenvalue weighted by atomic mass is 9.80. The molecular formula is C22H30. The second-order valence-corrected chi connectivity index (χ2v) is 6.63. The van der Waals surface area contributed by atoms with Gasteiger partial charge in [0.25, 0.3) is 0 Å². The van der Waals surface area contributed by atoms with Gasteiger partial charge in [-0.1, -0.05) is 87.4 Å². The molecule has 3 unspecified atom stereocenters. The largest absolute Gasteiger partial charge is 0.0990 e. The van der Waals surface area contributed by atoms with E-state index >= 15 is 0 Å². The number of hydrogen-bond acceptors (Lipinski definition) is 0. The van der Waals surface area contributed by atoms with Gasteiger partial charge in [0.2, 0.25) is 0 Å². The summed E-state index contributed by atoms with van der Waals surface area (Å²) in [5.74, 6) is 1.55. The molecule has 22 heavy (non-hydrogen) atoms. The summed E-state index contributed by atoms with van der Waals surface area (Å²) in [6.07, 6.45) is 8.49. The first kappa shape index (κ1) is 16.8. The molecule has 2 rings (SSSR count). The second-order valence-electron chi connectivity index (χ2n) is 6.63. The lowest BCUT2D eigenvalue weighted by molar-refractivity contribution is 0.526. The maximum Gasteiger partial charge on any atom is 0.0210 e. The van der Waals surface area contributed by atoms with Crippen LogP contribution in [-0.2, 0) is 0 Å². The van der Waals surface area contributed by atoms with Gasteiger partial charge < -0.3 is 0 Å². The van der Waals surface area contributed by atoms with E-state index in [1.165, 1.54) is 35.1 Å². The van der Waals surface area contributed by atoms with E-state index in [-0.39, 0.29) is 0 Å². The van der Waals surface area contributed by atoms with Gasteiger partial charge in [0, 0.05) is 11.8 Å². The average Bonchev–Trinajstić information content (AvgIpc) is 2.91. The van der Waals surface area contributed by atoms with Gasteiger partial charge in [-0.25, -0.2) is 0 Å². The van der Waals surface area contributed by atoms with Crippen LogP contribution in [0, 0.1) is 11.8 Å². The monoisotopic (exact) mass is 294 g/mol. The van der Waals surface area contributed by atoms with Gasteiger partial charge in [-0.3, -0.25) is 0 Å². The molecule has 0 bridgehead atoms. The van der Waals surface area contributed by atoms with Crippen molar-refractivity contribution in [2.75, 3.05) is 0 Å². The van der Waals surface area contributed by atoms with Crippen molar-refractivity contribution in [3.05, 3.63) is 71.3 Å². The zero-order chi connectivity index (χ0) is 16.1. The van der Waals surface area contributed by atoms with Crippen molar-refractivity contribution in [2.45, 2.75) is 52.9 Å². The Balaban J connectivity index is 2.23. The lowest BCUT2D eigenvalue weighted by Crippen LogP contribution is -2.12. The van der Waals surface area contributed by atoms with E-state index in [4.69, 9.17) is 0 Å². The van der Waals surface area contributed by atoms with E-state index in [9.17, 15) is 0 Å². The highest BCUT2D eigenvalue weighted by molar-refractivity contribution is 5.48. The average molecular weight is 294 g/mol. The third-order valence-electron chi connectivity index (χ3n) is 5.01. The number of benzene rings is 1. The van der Waals surface area contributed by atoms with Gasteiger partial charge >= 0.3 is 0 Å². The molecule has 1 aromatic carbocycles. The molecule has 0 aromatic heterocycles. The minimum absolute atomic E-state index is 0.430. The summed E-state index contributed by atoms with van der Waals surface area (Å²) in [7, 11) is 0. The van der Waals surface area contributed by atoms with E-state index < -0.39 is 0 Å². The molecule has 0 fully saturated rings. The molecule has 1 aromatic rings. The molecule has 0 saturated carbocycles. The van der Waals surface area contributed by atoms with Crippen LogP contribution in [0.2, 0.25) is 0 Å². The summed E-state index contributed by atoms with van der Waals surface area (Å²) in [5, 5.41) is 0. The third-order valence-corrected chi connectivity index (χ3v) is 5.01. The van der Waals surface area contributed by atoms with E-state index in [1.54, 1.807) is 0 Å². The smallest absolute Gasteiger partial charge is 0.0210 e. The number of hydrogen-bond donors (Lipinski definition) is 0. The van der Waals surface area contributed by atoms with Crippen LogP contribution in [0.5, 0.6) is 0 Å². The molecule has 0 heterocycles. The maximum atomic E-state index is 4.45. The molecular weight excluding hydrogens is 264 g/mol. The molecule has 1 aliphatic rings. The van der Waals surface area contributed by atoms with Gasteiger partial charge in [0.1, 0.15) is 0 Å². The van der Waals surface area contributed by atoms with Crippen molar-refractivity contribution in [1.29, 1.82) is 0 Å². The quantitative estimate of drug-likeness (QED) is 0.492. The van der Waals surface area contributed by atoms with E-state index in [2.05, 4.69) is 76.8 Å². The van der Waals surface area contributed by atoms with Crippen LogP contribution < -0.4 is 0 Å². The Morgan fingerprint density at radius 1 is 1.14 bits per heavy atom. The molecule has 0 aliphatic heterocycles. The van der Waals surface area contributed by atoms with Crippen LogP contribution in [0.3, 0.4) is 0 Å². The first-order chi connectivity index (χ1) is 10.6. The van der Waals surface area contributed by atoms with Crippen molar-refractivity contribution in [2.24, 2.45) is 11.8 Å². The van der Waals surface area contributed by atoms with Gasteiger partial charge in [-0.15, -0.1) is 0 Å². The van der Waals surface area contributed by atoms with Crippen molar-refractivity contribution in [1.82, 2.24) is 0 Å². The Morgan fingerprint density at radius 2 is 1.82 bits per heavy atom. The molecule has 1 aliphatic carbocycles. The van der Waals surface area contributed by atoms with Crippen LogP contribution in [0.4, 0.5) is 0 Å². The van der Waals surface area contributed by atoms with Crippen molar-refractivity contribution in [3.8, 4) is 0 Å². The molecule has 0 spiro atoms. The molecule has 0 nitrogen and oxygen atoms in total. The Kier molecular flexibility index (Phi) is 5.83. The molecule has 3 atom stereocenters. The fourth-order valence-electron chi connectivity index (χ4n) is 3.64. The molecule has 0 saturated heterocycles.